The highest BCUT2D eigenvalue weighted by molar-refractivity contribution is 5.92. The van der Waals surface area contributed by atoms with E-state index in [1.165, 1.54) is 12.1 Å². The first-order valence-corrected chi connectivity index (χ1v) is 7.22. The van der Waals surface area contributed by atoms with Gasteiger partial charge in [0.25, 0.3) is 5.91 Å². The molecule has 0 fully saturated rings. The van der Waals surface area contributed by atoms with Crippen molar-refractivity contribution < 1.29 is 27.4 Å². The maximum absolute atomic E-state index is 12.6. The zero-order valence-corrected chi connectivity index (χ0v) is 12.9. The highest BCUT2D eigenvalue weighted by atomic mass is 19.4. The minimum absolute atomic E-state index is 0.0523. The van der Waals surface area contributed by atoms with Crippen LogP contribution in [0, 0.1) is 0 Å². The SMILES string of the molecule is CCOc1ccccc1OCC(=O)Nc1cccc(C(F)(F)F)c1. The highest BCUT2D eigenvalue weighted by Gasteiger charge is 2.30. The summed E-state index contributed by atoms with van der Waals surface area (Å²) in [5.74, 6) is 0.311. The van der Waals surface area contributed by atoms with E-state index in [1.807, 2.05) is 6.92 Å². The van der Waals surface area contributed by atoms with Crippen molar-refractivity contribution >= 4 is 11.6 Å². The lowest BCUT2D eigenvalue weighted by molar-refractivity contribution is -0.137. The molecular formula is C17H16F3NO3. The van der Waals surface area contributed by atoms with Crippen LogP contribution in [0.25, 0.3) is 0 Å². The minimum Gasteiger partial charge on any atom is -0.490 e. The maximum Gasteiger partial charge on any atom is 0.416 e. The molecule has 0 aromatic heterocycles. The molecule has 1 N–H and O–H groups in total. The quantitative estimate of drug-likeness (QED) is 0.861. The van der Waals surface area contributed by atoms with Gasteiger partial charge in [0.05, 0.1) is 12.2 Å². The largest absolute Gasteiger partial charge is 0.490 e. The third-order valence-corrected chi connectivity index (χ3v) is 2.98. The number of hydrogen-bond donors (Lipinski definition) is 1. The molecule has 0 saturated heterocycles. The normalized spacial score (nSPS) is 11.0. The number of anilines is 1. The zero-order valence-electron chi connectivity index (χ0n) is 12.9. The van der Waals surface area contributed by atoms with E-state index in [-0.39, 0.29) is 12.3 Å². The number of carbonyl (C=O) groups is 1. The van der Waals surface area contributed by atoms with Crippen LogP contribution in [0.15, 0.2) is 48.5 Å². The predicted molar refractivity (Wildman–Crippen MR) is 83.2 cm³/mol. The Morgan fingerprint density at radius 2 is 1.71 bits per heavy atom. The summed E-state index contributed by atoms with van der Waals surface area (Å²) in [4.78, 5) is 11.9. The van der Waals surface area contributed by atoms with Gasteiger partial charge >= 0.3 is 6.18 Å². The molecule has 2 aromatic rings. The van der Waals surface area contributed by atoms with Crippen LogP contribution in [0.1, 0.15) is 12.5 Å². The van der Waals surface area contributed by atoms with Crippen molar-refractivity contribution in [1.29, 1.82) is 0 Å². The Bertz CT molecular complexity index is 701. The van der Waals surface area contributed by atoms with Gasteiger partial charge in [0.2, 0.25) is 0 Å². The predicted octanol–water partition coefficient (Wildman–Crippen LogP) is 4.12. The number of ether oxygens (including phenoxy) is 2. The van der Waals surface area contributed by atoms with Crippen molar-refractivity contribution in [2.45, 2.75) is 13.1 Å². The number of nitrogens with one attached hydrogen (secondary N) is 1. The monoisotopic (exact) mass is 339 g/mol. The molecule has 4 nitrogen and oxygen atoms in total. The summed E-state index contributed by atoms with van der Waals surface area (Å²) in [5, 5.41) is 2.37. The molecule has 2 rings (SSSR count). The van der Waals surface area contributed by atoms with Gasteiger partial charge in [-0.15, -0.1) is 0 Å². The molecule has 24 heavy (non-hydrogen) atoms. The van der Waals surface area contributed by atoms with E-state index in [4.69, 9.17) is 9.47 Å². The van der Waals surface area contributed by atoms with Crippen molar-refractivity contribution in [3.8, 4) is 11.5 Å². The average Bonchev–Trinajstić information content (AvgIpc) is 2.54. The number of carbonyl (C=O) groups excluding carboxylic acids is 1. The number of rotatable bonds is 6. The molecule has 0 aliphatic heterocycles. The molecule has 0 atom stereocenters. The van der Waals surface area contributed by atoms with Gasteiger partial charge in [-0.2, -0.15) is 13.2 Å². The zero-order chi connectivity index (χ0) is 17.6. The molecule has 0 unspecified atom stereocenters. The summed E-state index contributed by atoms with van der Waals surface area (Å²) < 4.78 is 48.6. The third kappa shape index (κ3) is 4.91. The van der Waals surface area contributed by atoms with E-state index in [9.17, 15) is 18.0 Å². The number of halogens is 3. The molecule has 1 amide bonds. The van der Waals surface area contributed by atoms with Crippen LogP contribution in [0.3, 0.4) is 0 Å². The average molecular weight is 339 g/mol. The maximum atomic E-state index is 12.6. The van der Waals surface area contributed by atoms with Crippen LogP contribution in [0.2, 0.25) is 0 Å². The first-order valence-electron chi connectivity index (χ1n) is 7.22. The summed E-state index contributed by atoms with van der Waals surface area (Å²) in [6.45, 7) is 1.91. The summed E-state index contributed by atoms with van der Waals surface area (Å²) in [6.07, 6.45) is -4.46. The van der Waals surface area contributed by atoms with E-state index in [0.29, 0.717) is 18.1 Å². The molecular weight excluding hydrogens is 323 g/mol. The van der Waals surface area contributed by atoms with Gasteiger partial charge in [-0.25, -0.2) is 0 Å². The Kier molecular flexibility index (Phi) is 5.68. The number of para-hydroxylation sites is 2. The summed E-state index contributed by atoms with van der Waals surface area (Å²) in [6, 6.07) is 11.2. The van der Waals surface area contributed by atoms with E-state index in [0.717, 1.165) is 12.1 Å². The molecule has 128 valence electrons. The van der Waals surface area contributed by atoms with Crippen molar-refractivity contribution in [2.75, 3.05) is 18.5 Å². The van der Waals surface area contributed by atoms with Crippen LogP contribution >= 0.6 is 0 Å². The Morgan fingerprint density at radius 3 is 2.33 bits per heavy atom. The molecule has 0 heterocycles. The van der Waals surface area contributed by atoms with E-state index in [2.05, 4.69) is 5.32 Å². The van der Waals surface area contributed by atoms with Crippen molar-refractivity contribution in [3.05, 3.63) is 54.1 Å². The molecule has 0 bridgehead atoms. The molecule has 0 aliphatic rings. The fourth-order valence-electron chi connectivity index (χ4n) is 1.96. The van der Waals surface area contributed by atoms with Gasteiger partial charge in [-0.3, -0.25) is 4.79 Å². The summed E-state index contributed by atoms with van der Waals surface area (Å²) >= 11 is 0. The standard InChI is InChI=1S/C17H16F3NO3/c1-2-23-14-8-3-4-9-15(14)24-11-16(22)21-13-7-5-6-12(10-13)17(18,19)20/h3-10H,2,11H2,1H3,(H,21,22). The lowest BCUT2D eigenvalue weighted by Gasteiger charge is -2.12. The first-order chi connectivity index (χ1) is 11.4. The molecule has 7 heteroatoms. The van der Waals surface area contributed by atoms with Gasteiger partial charge in [0.15, 0.2) is 18.1 Å². The lowest BCUT2D eigenvalue weighted by Crippen LogP contribution is -2.20. The number of alkyl halides is 3. The lowest BCUT2D eigenvalue weighted by atomic mass is 10.2. The Hall–Kier alpha value is -2.70. The van der Waals surface area contributed by atoms with Crippen LogP contribution in [-0.4, -0.2) is 19.1 Å². The Morgan fingerprint density at radius 1 is 1.04 bits per heavy atom. The molecule has 0 radical (unpaired) electrons. The molecule has 0 saturated carbocycles. The molecule has 0 spiro atoms. The van der Waals surface area contributed by atoms with Gasteiger partial charge in [-0.05, 0) is 37.3 Å². The van der Waals surface area contributed by atoms with Crippen LogP contribution in [-0.2, 0) is 11.0 Å². The second-order valence-electron chi connectivity index (χ2n) is 4.80. The van der Waals surface area contributed by atoms with E-state index >= 15 is 0 Å². The minimum atomic E-state index is -4.46. The summed E-state index contributed by atoms with van der Waals surface area (Å²) in [7, 11) is 0. The first kappa shape index (κ1) is 17.7. The van der Waals surface area contributed by atoms with Crippen molar-refractivity contribution in [2.24, 2.45) is 0 Å². The number of benzene rings is 2. The fourth-order valence-corrected chi connectivity index (χ4v) is 1.96. The second kappa shape index (κ2) is 7.72. The van der Waals surface area contributed by atoms with Crippen molar-refractivity contribution in [1.82, 2.24) is 0 Å². The Labute approximate surface area is 137 Å². The molecule has 2 aromatic carbocycles. The molecule has 0 aliphatic carbocycles. The highest BCUT2D eigenvalue weighted by Crippen LogP contribution is 2.30. The van der Waals surface area contributed by atoms with E-state index in [1.54, 1.807) is 24.3 Å². The van der Waals surface area contributed by atoms with Crippen molar-refractivity contribution in [3.63, 3.8) is 0 Å². The van der Waals surface area contributed by atoms with E-state index < -0.39 is 17.6 Å². The number of hydrogen-bond acceptors (Lipinski definition) is 3. The Balaban J connectivity index is 1.97. The third-order valence-electron chi connectivity index (χ3n) is 2.98. The van der Waals surface area contributed by atoms with Gasteiger partial charge < -0.3 is 14.8 Å². The van der Waals surface area contributed by atoms with Gasteiger partial charge in [-0.1, -0.05) is 18.2 Å². The smallest absolute Gasteiger partial charge is 0.416 e. The fraction of sp³-hybridized carbons (Fsp3) is 0.235. The van der Waals surface area contributed by atoms with Crippen LogP contribution < -0.4 is 14.8 Å². The number of amides is 1. The van der Waals surface area contributed by atoms with Crippen LogP contribution in [0.4, 0.5) is 18.9 Å². The summed E-state index contributed by atoms with van der Waals surface area (Å²) in [5.41, 5.74) is -0.778. The topological polar surface area (TPSA) is 47.6 Å². The van der Waals surface area contributed by atoms with Gasteiger partial charge in [0.1, 0.15) is 0 Å². The van der Waals surface area contributed by atoms with Gasteiger partial charge in [0, 0.05) is 5.69 Å². The van der Waals surface area contributed by atoms with Crippen LogP contribution in [0.5, 0.6) is 11.5 Å². The second-order valence-corrected chi connectivity index (χ2v) is 4.80.